The van der Waals surface area contributed by atoms with Crippen molar-refractivity contribution in [3.05, 3.63) is 70.4 Å². The van der Waals surface area contributed by atoms with Crippen molar-refractivity contribution in [1.29, 1.82) is 5.26 Å². The minimum atomic E-state index is -0.431. The molecule has 0 amide bonds. The number of fused-ring (bicyclic) bond motifs is 3. The molecule has 0 bridgehead atoms. The molecule has 1 aliphatic carbocycles. The molecule has 5 heteroatoms. The summed E-state index contributed by atoms with van der Waals surface area (Å²) < 4.78 is 7.18. The molecular weight excluding hydrogens is 400 g/mol. The van der Waals surface area contributed by atoms with Crippen LogP contribution in [-0.2, 0) is 17.7 Å². The van der Waals surface area contributed by atoms with E-state index in [2.05, 4.69) is 17.6 Å². The van der Waals surface area contributed by atoms with Crippen LogP contribution in [-0.4, -0.2) is 23.4 Å². The van der Waals surface area contributed by atoms with E-state index >= 15 is 0 Å². The number of nitriles is 1. The van der Waals surface area contributed by atoms with Crippen molar-refractivity contribution in [3.8, 4) is 6.07 Å². The van der Waals surface area contributed by atoms with E-state index in [4.69, 9.17) is 4.74 Å². The largest absolute Gasteiger partial charge is 0.465 e. The summed E-state index contributed by atoms with van der Waals surface area (Å²) in [6.07, 6.45) is 5.83. The fourth-order valence-corrected chi connectivity index (χ4v) is 4.94. The molecule has 0 saturated carbocycles. The summed E-state index contributed by atoms with van der Waals surface area (Å²) in [7, 11) is 1.36. The van der Waals surface area contributed by atoms with Crippen molar-refractivity contribution in [2.24, 2.45) is 5.92 Å². The molecule has 5 nitrogen and oxygen atoms in total. The molecule has 0 aliphatic heterocycles. The summed E-state index contributed by atoms with van der Waals surface area (Å²) in [5.74, 6) is -0.00449. The summed E-state index contributed by atoms with van der Waals surface area (Å²) >= 11 is 0. The Balaban J connectivity index is 1.86. The van der Waals surface area contributed by atoms with E-state index in [0.717, 1.165) is 42.5 Å². The van der Waals surface area contributed by atoms with Gasteiger partial charge in [0.2, 0.25) is 0 Å². The van der Waals surface area contributed by atoms with Crippen molar-refractivity contribution in [2.45, 2.75) is 52.0 Å². The molecule has 1 heterocycles. The fourth-order valence-electron chi connectivity index (χ4n) is 4.94. The Morgan fingerprint density at radius 3 is 2.75 bits per heavy atom. The minimum absolute atomic E-state index is 0.110. The first kappa shape index (κ1) is 21.8. The van der Waals surface area contributed by atoms with Crippen LogP contribution < -0.4 is 0 Å². The van der Waals surface area contributed by atoms with Gasteiger partial charge in [0.1, 0.15) is 0 Å². The summed E-state index contributed by atoms with van der Waals surface area (Å²) in [5.41, 5.74) is 4.57. The summed E-state index contributed by atoms with van der Waals surface area (Å²) in [5, 5.41) is 9.99. The van der Waals surface area contributed by atoms with Gasteiger partial charge in [0, 0.05) is 29.6 Å². The number of unbranched alkanes of at least 4 members (excludes halogenated alkanes) is 2. The van der Waals surface area contributed by atoms with Crippen molar-refractivity contribution < 1.29 is 14.3 Å². The maximum absolute atomic E-state index is 13.4. The molecule has 32 heavy (non-hydrogen) atoms. The zero-order valence-electron chi connectivity index (χ0n) is 18.7. The van der Waals surface area contributed by atoms with Crippen molar-refractivity contribution >= 4 is 22.7 Å². The minimum Gasteiger partial charge on any atom is -0.465 e. The van der Waals surface area contributed by atoms with Crippen LogP contribution in [0, 0.1) is 17.2 Å². The highest BCUT2D eigenvalue weighted by atomic mass is 16.5. The number of nitrogens with zero attached hydrogens (tertiary/aromatic N) is 2. The van der Waals surface area contributed by atoms with Gasteiger partial charge in [-0.2, -0.15) is 5.26 Å². The van der Waals surface area contributed by atoms with E-state index in [1.165, 1.54) is 13.5 Å². The van der Waals surface area contributed by atoms with Crippen LogP contribution in [0.15, 0.2) is 42.5 Å². The molecule has 0 fully saturated rings. The number of ketones is 1. The van der Waals surface area contributed by atoms with Gasteiger partial charge in [-0.15, -0.1) is 0 Å². The molecule has 1 unspecified atom stereocenters. The summed E-state index contributed by atoms with van der Waals surface area (Å²) in [4.78, 5) is 25.9. The van der Waals surface area contributed by atoms with Crippen LogP contribution in [0.4, 0.5) is 0 Å². The Kier molecular flexibility index (Phi) is 6.41. The first-order valence-electron chi connectivity index (χ1n) is 11.3. The van der Waals surface area contributed by atoms with Gasteiger partial charge in [0.05, 0.1) is 29.8 Å². The van der Waals surface area contributed by atoms with Gasteiger partial charge in [-0.1, -0.05) is 44.4 Å². The second-order valence-electron chi connectivity index (χ2n) is 8.60. The van der Waals surface area contributed by atoms with Crippen LogP contribution in [0.5, 0.6) is 0 Å². The highest BCUT2D eigenvalue weighted by Gasteiger charge is 2.33. The zero-order valence-corrected chi connectivity index (χ0v) is 18.7. The lowest BCUT2D eigenvalue weighted by atomic mass is 9.82. The topological polar surface area (TPSA) is 72.1 Å². The molecule has 4 rings (SSSR count). The molecular formula is C27H28N2O3. The lowest BCUT2D eigenvalue weighted by molar-refractivity contribution is 0.0603. The number of carbonyl (C=O) groups is 2. The fraction of sp³-hybridized carbons (Fsp3) is 0.370. The van der Waals surface area contributed by atoms with Gasteiger partial charge in [-0.05, 0) is 48.6 Å². The molecule has 2 aromatic carbocycles. The quantitative estimate of drug-likeness (QED) is 0.359. The number of hydrogen-bond acceptors (Lipinski definition) is 4. The summed E-state index contributed by atoms with van der Waals surface area (Å²) in [6.45, 7) is 2.73. The van der Waals surface area contributed by atoms with Crippen LogP contribution in [0.3, 0.4) is 0 Å². The number of esters is 1. The predicted octanol–water partition coefficient (Wildman–Crippen LogP) is 5.67. The number of carbonyl (C=O) groups excluding carboxylic acids is 2. The Morgan fingerprint density at radius 2 is 2.00 bits per heavy atom. The van der Waals surface area contributed by atoms with E-state index in [-0.39, 0.29) is 5.78 Å². The molecule has 1 aromatic heterocycles. The maximum Gasteiger partial charge on any atom is 0.338 e. The lowest BCUT2D eigenvalue weighted by Gasteiger charge is -2.24. The smallest absolute Gasteiger partial charge is 0.338 e. The van der Waals surface area contributed by atoms with Crippen molar-refractivity contribution in [2.75, 3.05) is 7.11 Å². The van der Waals surface area contributed by atoms with E-state index < -0.39 is 5.97 Å². The standard InChI is InChI=1S/C27H28N2O3/c1-3-4-5-8-18-14-23-26(24(30)15-18)25-21(27(31)32-2)11-7-12-22(25)29(23)17-20-10-6-9-19(13-20)16-28/h6-7,9-13,18H,3-5,8,14-15,17H2,1-2H3. The SMILES string of the molecule is CCCCCC1CC(=O)c2c(n(Cc3cccc(C#N)c3)c3cccc(C(=O)OC)c23)C1. The second-order valence-corrected chi connectivity index (χ2v) is 8.60. The third kappa shape index (κ3) is 4.05. The first-order valence-corrected chi connectivity index (χ1v) is 11.3. The number of hydrogen-bond donors (Lipinski definition) is 0. The predicted molar refractivity (Wildman–Crippen MR) is 124 cm³/mol. The van der Waals surface area contributed by atoms with Gasteiger partial charge < -0.3 is 9.30 Å². The molecule has 0 N–H and O–H groups in total. The highest BCUT2D eigenvalue weighted by molar-refractivity contribution is 6.16. The summed E-state index contributed by atoms with van der Waals surface area (Å²) in [6, 6.07) is 15.3. The number of rotatable bonds is 7. The second kappa shape index (κ2) is 9.40. The van der Waals surface area contributed by atoms with E-state index in [1.54, 1.807) is 12.1 Å². The van der Waals surface area contributed by atoms with E-state index in [1.807, 2.05) is 30.3 Å². The number of methoxy groups -OCH3 is 1. The van der Waals surface area contributed by atoms with E-state index in [9.17, 15) is 14.9 Å². The molecule has 3 aromatic rings. The van der Waals surface area contributed by atoms with Crippen LogP contribution >= 0.6 is 0 Å². The average Bonchev–Trinajstić information content (AvgIpc) is 3.13. The number of Topliss-reactive ketones (excluding diaryl/α,β-unsaturated/α-hetero) is 1. The van der Waals surface area contributed by atoms with Gasteiger partial charge >= 0.3 is 5.97 Å². The van der Waals surface area contributed by atoms with Gasteiger partial charge in [0.25, 0.3) is 0 Å². The van der Waals surface area contributed by atoms with Crippen LogP contribution in [0.1, 0.15) is 76.6 Å². The number of ether oxygens (including phenoxy) is 1. The molecule has 164 valence electrons. The molecule has 1 atom stereocenters. The number of aromatic nitrogens is 1. The molecule has 0 saturated heterocycles. The monoisotopic (exact) mass is 428 g/mol. The van der Waals surface area contributed by atoms with E-state index in [0.29, 0.717) is 41.0 Å². The van der Waals surface area contributed by atoms with Crippen LogP contribution in [0.2, 0.25) is 0 Å². The molecule has 0 radical (unpaired) electrons. The van der Waals surface area contributed by atoms with Crippen molar-refractivity contribution in [1.82, 2.24) is 4.57 Å². The van der Waals surface area contributed by atoms with Crippen molar-refractivity contribution in [3.63, 3.8) is 0 Å². The Labute approximate surface area is 188 Å². The zero-order chi connectivity index (χ0) is 22.7. The Bertz CT molecular complexity index is 1220. The first-order chi connectivity index (χ1) is 15.6. The van der Waals surface area contributed by atoms with Gasteiger partial charge in [0.15, 0.2) is 5.78 Å². The molecule has 1 aliphatic rings. The third-order valence-corrected chi connectivity index (χ3v) is 6.45. The van der Waals surface area contributed by atoms with Gasteiger partial charge in [-0.3, -0.25) is 4.79 Å². The number of benzene rings is 2. The maximum atomic E-state index is 13.4. The highest BCUT2D eigenvalue weighted by Crippen LogP contribution is 2.38. The average molecular weight is 429 g/mol. The Morgan fingerprint density at radius 1 is 1.19 bits per heavy atom. The normalized spacial score (nSPS) is 15.4. The van der Waals surface area contributed by atoms with Gasteiger partial charge in [-0.25, -0.2) is 4.79 Å². The molecule has 0 spiro atoms. The lowest BCUT2D eigenvalue weighted by Crippen LogP contribution is -2.22. The van der Waals surface area contributed by atoms with Crippen LogP contribution in [0.25, 0.3) is 10.9 Å². The third-order valence-electron chi connectivity index (χ3n) is 6.45. The Hall–Kier alpha value is -3.39.